The molecule has 0 saturated heterocycles. The number of nitrogens with zero attached hydrogens (tertiary/aromatic N) is 4. The topological polar surface area (TPSA) is 13.0 Å². The monoisotopic (exact) mass is 853 g/mol. The van der Waals surface area contributed by atoms with Gasteiger partial charge in [0.25, 0.3) is 0 Å². The molecule has 4 heteroatoms. The van der Waals surface area contributed by atoms with Crippen molar-refractivity contribution in [2.75, 3.05) is 0 Å². The van der Waals surface area contributed by atoms with Crippen molar-refractivity contribution in [1.29, 1.82) is 0 Å². The summed E-state index contributed by atoms with van der Waals surface area (Å²) < 4.78 is 0. The molecule has 0 aromatic heterocycles. The van der Waals surface area contributed by atoms with Gasteiger partial charge >= 0.3 is 0 Å². The second-order valence-corrected chi connectivity index (χ2v) is 25.9. The van der Waals surface area contributed by atoms with E-state index in [1.807, 2.05) is 0 Å². The highest BCUT2D eigenvalue weighted by atomic mass is 15.4. The molecule has 12 aliphatic rings. The predicted octanol–water partition coefficient (Wildman–Crippen LogP) is 15.2. The molecule has 4 bridgehead atoms. The number of rotatable bonds is 12. The molecule has 352 valence electrons. The van der Waals surface area contributed by atoms with Crippen LogP contribution in [0.25, 0.3) is 0 Å². The molecule has 0 spiro atoms. The highest BCUT2D eigenvalue weighted by Crippen LogP contribution is 2.71. The van der Waals surface area contributed by atoms with Crippen LogP contribution in [-0.4, -0.2) is 90.1 Å². The highest BCUT2D eigenvalue weighted by Gasteiger charge is 2.75. The molecule has 4 nitrogen and oxygen atoms in total. The zero-order chi connectivity index (χ0) is 41.5. The van der Waals surface area contributed by atoms with Crippen molar-refractivity contribution in [2.24, 2.45) is 0 Å². The van der Waals surface area contributed by atoms with Gasteiger partial charge in [-0.1, -0.05) is 154 Å². The summed E-state index contributed by atoms with van der Waals surface area (Å²) >= 11 is 0. The summed E-state index contributed by atoms with van der Waals surface area (Å²) in [7, 11) is 0. The van der Waals surface area contributed by atoms with Gasteiger partial charge in [0.1, 0.15) is 0 Å². The first kappa shape index (κ1) is 44.4. The van der Waals surface area contributed by atoms with Gasteiger partial charge in [-0.3, -0.25) is 19.6 Å². The minimum atomic E-state index is 0.365. The second kappa shape index (κ2) is 19.4. The summed E-state index contributed by atoms with van der Waals surface area (Å²) in [5.74, 6) is 0. The van der Waals surface area contributed by atoms with Crippen molar-refractivity contribution in [2.45, 2.75) is 366 Å². The van der Waals surface area contributed by atoms with Gasteiger partial charge in [0.2, 0.25) is 0 Å². The summed E-state index contributed by atoms with van der Waals surface area (Å²) in [4.78, 5) is 14.6. The summed E-state index contributed by atoms with van der Waals surface area (Å²) in [6, 6.07) is 6.80. The minimum absolute atomic E-state index is 0.365. The summed E-state index contributed by atoms with van der Waals surface area (Å²) in [6.45, 7) is 0. The van der Waals surface area contributed by atoms with E-state index in [-0.39, 0.29) is 0 Å². The normalized spacial score (nSPS) is 38.9. The standard InChI is InChI=1S/C58H100N4/c1-9-25-47(26-10-1)59(48-27-11-2-12-28-48)55-41-56(60(49-29-13-3-14-30-49)50-31-15-4-16-32-50)44-57(42-55,61(51-33-17-5-18-34-51)52-35-19-6-20-36-52)46-58(43-55,45-56)62(53-37-21-7-22-38-53)54-39-23-8-24-40-54/h47-54H,1-46H2. The van der Waals surface area contributed by atoms with Crippen LogP contribution in [0.2, 0.25) is 0 Å². The van der Waals surface area contributed by atoms with Crippen molar-refractivity contribution in [3.63, 3.8) is 0 Å². The van der Waals surface area contributed by atoms with Gasteiger partial charge in [0.05, 0.1) is 0 Å². The average Bonchev–Trinajstić information content (AvgIpc) is 3.31. The van der Waals surface area contributed by atoms with Gasteiger partial charge in [-0.15, -0.1) is 0 Å². The Balaban J connectivity index is 1.15. The largest absolute Gasteiger partial charge is 0.292 e. The van der Waals surface area contributed by atoms with Crippen LogP contribution in [0.4, 0.5) is 0 Å². The fourth-order valence-electron chi connectivity index (χ4n) is 20.7. The lowest BCUT2D eigenvalue weighted by Gasteiger charge is -2.80. The Hall–Kier alpha value is -0.160. The van der Waals surface area contributed by atoms with E-state index >= 15 is 0 Å². The molecule has 0 atom stereocenters. The lowest BCUT2D eigenvalue weighted by Crippen LogP contribution is -2.87. The first-order chi connectivity index (χ1) is 30.6. The maximum Gasteiger partial charge on any atom is 0.0268 e. The highest BCUT2D eigenvalue weighted by molar-refractivity contribution is 5.33. The maximum absolute atomic E-state index is 3.64. The van der Waals surface area contributed by atoms with Crippen LogP contribution in [0.5, 0.6) is 0 Å². The van der Waals surface area contributed by atoms with Crippen LogP contribution < -0.4 is 0 Å². The van der Waals surface area contributed by atoms with Gasteiger partial charge < -0.3 is 0 Å². The Morgan fingerprint density at radius 3 is 0.387 bits per heavy atom. The smallest absolute Gasteiger partial charge is 0.0268 e. The van der Waals surface area contributed by atoms with Gasteiger partial charge in [0.15, 0.2) is 0 Å². The van der Waals surface area contributed by atoms with E-state index in [0.717, 1.165) is 48.3 Å². The van der Waals surface area contributed by atoms with E-state index in [2.05, 4.69) is 19.6 Å². The minimum Gasteiger partial charge on any atom is -0.292 e. The molecule has 0 aliphatic heterocycles. The first-order valence-corrected chi connectivity index (χ1v) is 29.7. The Morgan fingerprint density at radius 1 is 0.161 bits per heavy atom. The van der Waals surface area contributed by atoms with Crippen molar-refractivity contribution in [3.8, 4) is 0 Å². The summed E-state index contributed by atoms with van der Waals surface area (Å²) in [5, 5.41) is 0. The molecule has 0 N–H and O–H groups in total. The van der Waals surface area contributed by atoms with E-state index in [9.17, 15) is 0 Å². The van der Waals surface area contributed by atoms with Crippen molar-refractivity contribution in [1.82, 2.24) is 19.6 Å². The molecular weight excluding hydrogens is 753 g/mol. The fourth-order valence-corrected chi connectivity index (χ4v) is 20.7. The summed E-state index contributed by atoms with van der Waals surface area (Å²) in [5.41, 5.74) is 1.46. The van der Waals surface area contributed by atoms with Crippen LogP contribution in [0.15, 0.2) is 0 Å². The Kier molecular flexibility index (Phi) is 13.9. The predicted molar refractivity (Wildman–Crippen MR) is 261 cm³/mol. The number of hydrogen-bond donors (Lipinski definition) is 0. The SMILES string of the molecule is C1CCC(N(C2CCCCC2)C23CC4(N(C5CCCCC5)C5CCCCC5)CC(N(C5CCCCC5)C5CCCCC5)(C2)CC(N(C2CCCCC2)C2CCCCC2)(C3)C4)CC1. The van der Waals surface area contributed by atoms with Crippen molar-refractivity contribution >= 4 is 0 Å². The van der Waals surface area contributed by atoms with E-state index in [0.29, 0.717) is 22.2 Å². The van der Waals surface area contributed by atoms with Crippen LogP contribution >= 0.6 is 0 Å². The van der Waals surface area contributed by atoms with E-state index < -0.39 is 0 Å². The molecule has 0 unspecified atom stereocenters. The molecule has 12 saturated carbocycles. The Bertz CT molecular complexity index is 1070. The maximum atomic E-state index is 3.64. The second-order valence-electron chi connectivity index (χ2n) is 25.9. The van der Waals surface area contributed by atoms with E-state index in [4.69, 9.17) is 0 Å². The third kappa shape index (κ3) is 8.53. The van der Waals surface area contributed by atoms with Gasteiger partial charge in [0, 0.05) is 70.5 Å². The third-order valence-corrected chi connectivity index (χ3v) is 21.9. The molecule has 0 aromatic carbocycles. The van der Waals surface area contributed by atoms with E-state index in [1.165, 1.54) is 257 Å². The molecule has 0 aromatic rings. The third-order valence-electron chi connectivity index (χ3n) is 21.9. The van der Waals surface area contributed by atoms with Gasteiger partial charge in [-0.2, -0.15) is 0 Å². The van der Waals surface area contributed by atoms with Crippen LogP contribution in [0.3, 0.4) is 0 Å². The molecule has 12 rings (SSSR count). The van der Waals surface area contributed by atoms with Crippen LogP contribution in [0.1, 0.15) is 295 Å². The molecule has 12 aliphatic carbocycles. The van der Waals surface area contributed by atoms with Gasteiger partial charge in [-0.25, -0.2) is 0 Å². The summed E-state index contributed by atoms with van der Waals surface area (Å²) in [6.07, 6.45) is 69.9. The average molecular weight is 853 g/mol. The van der Waals surface area contributed by atoms with Crippen molar-refractivity contribution in [3.05, 3.63) is 0 Å². The van der Waals surface area contributed by atoms with Crippen LogP contribution in [0, 0.1) is 0 Å². The van der Waals surface area contributed by atoms with Crippen molar-refractivity contribution < 1.29 is 0 Å². The fraction of sp³-hybridized carbons (Fsp3) is 1.00. The molecule has 0 radical (unpaired) electrons. The Morgan fingerprint density at radius 2 is 0.274 bits per heavy atom. The first-order valence-electron chi connectivity index (χ1n) is 29.7. The van der Waals surface area contributed by atoms with Crippen LogP contribution in [-0.2, 0) is 0 Å². The molecule has 12 fully saturated rings. The Labute approximate surface area is 384 Å². The molecular formula is C58H100N4. The molecule has 0 heterocycles. The zero-order valence-electron chi connectivity index (χ0n) is 40.9. The molecule has 62 heavy (non-hydrogen) atoms. The zero-order valence-corrected chi connectivity index (χ0v) is 40.9. The molecule has 0 amide bonds. The quantitative estimate of drug-likeness (QED) is 0.194. The van der Waals surface area contributed by atoms with E-state index in [1.54, 1.807) is 38.5 Å². The number of hydrogen-bond acceptors (Lipinski definition) is 4. The lowest BCUT2D eigenvalue weighted by atomic mass is 9.41. The lowest BCUT2D eigenvalue weighted by molar-refractivity contribution is -0.274. The van der Waals surface area contributed by atoms with Gasteiger partial charge in [-0.05, 0) is 141 Å².